The molecule has 2 aromatic heterocycles. The second-order valence-electron chi connectivity index (χ2n) is 14.5. The quantitative estimate of drug-likeness (QED) is 0.0806. The van der Waals surface area contributed by atoms with Gasteiger partial charge >= 0.3 is 29.2 Å². The lowest BCUT2D eigenvalue weighted by molar-refractivity contribution is -0.193. The van der Waals surface area contributed by atoms with Crippen LogP contribution in [0, 0.1) is 5.92 Å². The number of morpholine rings is 1. The average Bonchev–Trinajstić information content (AvgIpc) is 3.80. The SMILES string of the molecule is CC(C)Cc1nc(C(=O)N2CCOC3(CCN(Cc4cccc(CCNC[C@H](O)c5ccc(O)c6[nH]c(=O)sc56)c4)CC3)C2)cs1.O=C(O)C(F)(F)F.O=C(O)C(F)(F)F. The molecule has 2 saturated heterocycles. The molecule has 2 fully saturated rings. The number of fused-ring (bicyclic) bond motifs is 1. The normalized spacial score (nSPS) is 16.2. The Morgan fingerprint density at radius 3 is 2.25 bits per heavy atom. The minimum absolute atomic E-state index is 0.00438. The van der Waals surface area contributed by atoms with Crippen LogP contribution in [0.4, 0.5) is 26.3 Å². The molecule has 0 aliphatic carbocycles. The predicted octanol–water partition coefficient (Wildman–Crippen LogP) is 5.59. The lowest BCUT2D eigenvalue weighted by Gasteiger charge is -2.47. The van der Waals surface area contributed by atoms with Crippen LogP contribution >= 0.6 is 22.7 Å². The number of likely N-dealkylation sites (tertiary alicyclic amines) is 1. The van der Waals surface area contributed by atoms with Crippen LogP contribution in [0.2, 0.25) is 0 Å². The van der Waals surface area contributed by atoms with Crippen molar-refractivity contribution in [1.29, 1.82) is 0 Å². The molecule has 6 N–H and O–H groups in total. The molecule has 1 spiro atoms. The Bertz CT molecular complexity index is 2110. The number of hydrogen-bond donors (Lipinski definition) is 6. The van der Waals surface area contributed by atoms with Gasteiger partial charge in [-0.1, -0.05) is 55.5 Å². The number of carboxylic acids is 2. The maximum absolute atomic E-state index is 13.3. The van der Waals surface area contributed by atoms with E-state index in [2.05, 4.69) is 58.3 Å². The smallest absolute Gasteiger partial charge is 0.490 e. The zero-order chi connectivity index (χ0) is 44.4. The van der Waals surface area contributed by atoms with E-state index in [1.807, 2.05) is 10.3 Å². The highest BCUT2D eigenvalue weighted by atomic mass is 32.1. The van der Waals surface area contributed by atoms with Gasteiger partial charge in [-0.3, -0.25) is 14.5 Å². The van der Waals surface area contributed by atoms with Gasteiger partial charge in [-0.15, -0.1) is 11.3 Å². The molecular weight excluding hydrogens is 849 g/mol. The number of aromatic amines is 1. The standard InChI is InChI=1S/C34H43N5O5S2.2C2HF3O2/c1-22(2)16-29-36-26(20-45-29)32(42)39-14-15-44-34(21-39)9-12-38(13-10-34)19-24-5-3-4-23(17-24)8-11-35-18-28(41)25-6-7-27(40)30-31(25)46-33(43)37-30;2*3-2(4,5)1(6)7/h3-7,17,20,22,28,35,40-41H,8-16,18-19,21H2,1-2H3,(H,37,43);2*(H,6,7)/t28-;;/m0../s1. The molecule has 0 saturated carbocycles. The molecule has 4 heterocycles. The lowest BCUT2D eigenvalue weighted by Crippen LogP contribution is -2.58. The molecule has 14 nitrogen and oxygen atoms in total. The zero-order valence-electron chi connectivity index (χ0n) is 32.4. The van der Waals surface area contributed by atoms with Crippen molar-refractivity contribution in [3.8, 4) is 5.75 Å². The number of carbonyl (C=O) groups is 3. The first-order valence-electron chi connectivity index (χ1n) is 18.6. The van der Waals surface area contributed by atoms with Crippen molar-refractivity contribution in [1.82, 2.24) is 25.1 Å². The summed E-state index contributed by atoms with van der Waals surface area (Å²) in [6, 6.07) is 11.8. The second kappa shape index (κ2) is 20.8. The number of aliphatic hydroxyl groups is 1. The second-order valence-corrected chi connectivity index (χ2v) is 16.5. The van der Waals surface area contributed by atoms with Gasteiger partial charge in [0, 0.05) is 50.1 Å². The summed E-state index contributed by atoms with van der Waals surface area (Å²) in [6.45, 7) is 9.87. The van der Waals surface area contributed by atoms with E-state index in [1.54, 1.807) is 17.4 Å². The van der Waals surface area contributed by atoms with E-state index in [4.69, 9.17) is 24.5 Å². The number of phenols is 1. The number of ether oxygens (including phenoxy) is 1. The van der Waals surface area contributed by atoms with Gasteiger partial charge in [0.1, 0.15) is 17.0 Å². The third-order valence-electron chi connectivity index (χ3n) is 9.41. The summed E-state index contributed by atoms with van der Waals surface area (Å²) in [5.41, 5.74) is 3.78. The summed E-state index contributed by atoms with van der Waals surface area (Å²) in [4.78, 5) is 54.3. The number of amides is 1. The third kappa shape index (κ3) is 14.0. The van der Waals surface area contributed by atoms with Gasteiger partial charge in [-0.2, -0.15) is 26.3 Å². The van der Waals surface area contributed by atoms with E-state index < -0.39 is 30.4 Å². The van der Waals surface area contributed by atoms with Gasteiger partial charge < -0.3 is 40.4 Å². The molecule has 1 amide bonds. The van der Waals surface area contributed by atoms with Crippen LogP contribution in [0.25, 0.3) is 10.2 Å². The van der Waals surface area contributed by atoms with Crippen LogP contribution in [-0.4, -0.2) is 122 Å². The Hall–Kier alpha value is -4.61. The van der Waals surface area contributed by atoms with Crippen LogP contribution in [0.5, 0.6) is 5.75 Å². The number of halogens is 6. The fourth-order valence-corrected chi connectivity index (χ4v) is 8.38. The monoisotopic (exact) mass is 893 g/mol. The number of nitrogens with zero attached hydrogens (tertiary/aromatic N) is 3. The molecule has 4 aromatic rings. The Morgan fingerprint density at radius 1 is 1.00 bits per heavy atom. The Morgan fingerprint density at radius 2 is 1.63 bits per heavy atom. The number of alkyl halides is 6. The maximum atomic E-state index is 13.3. The molecule has 0 radical (unpaired) electrons. The average molecular weight is 894 g/mol. The Balaban J connectivity index is 0.000000488. The number of benzene rings is 2. The van der Waals surface area contributed by atoms with Crippen molar-refractivity contribution in [2.45, 2.75) is 70.1 Å². The van der Waals surface area contributed by atoms with E-state index >= 15 is 0 Å². The molecule has 2 aromatic carbocycles. The fraction of sp³-hybridized carbons (Fsp3) is 0.500. The number of H-pyrrole nitrogens is 1. The number of rotatable bonds is 11. The maximum Gasteiger partial charge on any atom is 0.490 e. The number of aromatic nitrogens is 2. The molecule has 330 valence electrons. The highest BCUT2D eigenvalue weighted by Gasteiger charge is 2.42. The van der Waals surface area contributed by atoms with Crippen molar-refractivity contribution < 1.29 is 65.9 Å². The van der Waals surface area contributed by atoms with Crippen molar-refractivity contribution >= 4 is 50.7 Å². The summed E-state index contributed by atoms with van der Waals surface area (Å²) < 4.78 is 70.4. The highest BCUT2D eigenvalue weighted by molar-refractivity contribution is 7.16. The molecule has 1 atom stereocenters. The van der Waals surface area contributed by atoms with E-state index in [-0.39, 0.29) is 22.1 Å². The topological polar surface area (TPSA) is 206 Å². The van der Waals surface area contributed by atoms with Gasteiger partial charge in [-0.05, 0) is 48.9 Å². The Labute approximate surface area is 347 Å². The van der Waals surface area contributed by atoms with Crippen LogP contribution in [0.15, 0.2) is 46.6 Å². The van der Waals surface area contributed by atoms with Gasteiger partial charge in [0.2, 0.25) is 0 Å². The van der Waals surface area contributed by atoms with Gasteiger partial charge in [-0.25, -0.2) is 14.6 Å². The van der Waals surface area contributed by atoms with E-state index in [0.29, 0.717) is 60.2 Å². The summed E-state index contributed by atoms with van der Waals surface area (Å²) in [5, 5.41) is 41.3. The third-order valence-corrected chi connectivity index (χ3v) is 11.2. The first kappa shape index (κ1) is 48.1. The minimum atomic E-state index is -5.08. The van der Waals surface area contributed by atoms with Gasteiger partial charge in [0.25, 0.3) is 5.91 Å². The van der Waals surface area contributed by atoms with Crippen LogP contribution in [0.3, 0.4) is 0 Å². The summed E-state index contributed by atoms with van der Waals surface area (Å²) in [6.07, 6.45) is -7.45. The number of aliphatic carboxylic acids is 2. The lowest BCUT2D eigenvalue weighted by atomic mass is 9.89. The van der Waals surface area contributed by atoms with E-state index in [1.165, 1.54) is 17.2 Å². The molecule has 22 heteroatoms. The van der Waals surface area contributed by atoms with Gasteiger partial charge in [0.05, 0.1) is 34.6 Å². The van der Waals surface area contributed by atoms with Crippen LogP contribution in [-0.2, 0) is 33.7 Å². The minimum Gasteiger partial charge on any atom is -0.506 e. The molecule has 6 rings (SSSR count). The van der Waals surface area contributed by atoms with Crippen molar-refractivity contribution in [2.24, 2.45) is 5.92 Å². The van der Waals surface area contributed by atoms with E-state index in [9.17, 15) is 46.1 Å². The van der Waals surface area contributed by atoms with Crippen molar-refractivity contribution in [3.05, 3.63) is 78.8 Å². The number of aromatic hydroxyl groups is 1. The molecule has 0 bridgehead atoms. The van der Waals surface area contributed by atoms with Crippen LogP contribution < -0.4 is 10.2 Å². The predicted molar refractivity (Wildman–Crippen MR) is 209 cm³/mol. The number of piperidine rings is 1. The number of carbonyl (C=O) groups excluding carboxylic acids is 1. The molecular formula is C38H45F6N5O9S2. The zero-order valence-corrected chi connectivity index (χ0v) is 34.1. The molecule has 60 heavy (non-hydrogen) atoms. The number of carboxylic acid groups (broad SMARTS) is 2. The number of hydrogen-bond acceptors (Lipinski definition) is 12. The number of thiazole rings is 2. The van der Waals surface area contributed by atoms with Crippen LogP contribution in [0.1, 0.15) is 65.0 Å². The summed E-state index contributed by atoms with van der Waals surface area (Å²) >= 11 is 2.57. The Kier molecular flexibility index (Phi) is 16.6. The number of aliphatic hydroxyl groups excluding tert-OH is 1. The number of phenolic OH excluding ortho intramolecular Hbond substituents is 1. The first-order valence-corrected chi connectivity index (χ1v) is 20.3. The van der Waals surface area contributed by atoms with Crippen molar-refractivity contribution in [2.75, 3.05) is 45.9 Å². The highest BCUT2D eigenvalue weighted by Crippen LogP contribution is 2.33. The van der Waals surface area contributed by atoms with Crippen molar-refractivity contribution in [3.63, 3.8) is 0 Å². The molecule has 0 unspecified atom stereocenters. The van der Waals surface area contributed by atoms with Gasteiger partial charge in [0.15, 0.2) is 0 Å². The van der Waals surface area contributed by atoms with E-state index in [0.717, 1.165) is 61.7 Å². The molecule has 2 aliphatic rings. The summed E-state index contributed by atoms with van der Waals surface area (Å²) in [7, 11) is 0. The first-order chi connectivity index (χ1) is 28.1. The summed E-state index contributed by atoms with van der Waals surface area (Å²) in [5.74, 6) is -4.97. The largest absolute Gasteiger partial charge is 0.506 e. The molecule has 2 aliphatic heterocycles. The number of nitrogens with one attached hydrogen (secondary N) is 2. The fourth-order valence-electron chi connectivity index (χ4n) is 6.48.